The van der Waals surface area contributed by atoms with Crippen molar-refractivity contribution < 1.29 is 14.3 Å². The van der Waals surface area contributed by atoms with Gasteiger partial charge in [0.15, 0.2) is 17.1 Å². The Morgan fingerprint density at radius 2 is 2.00 bits per heavy atom. The number of nitrogens with zero attached hydrogens (tertiary/aromatic N) is 1. The smallest absolute Gasteiger partial charge is 0.227 e. The van der Waals surface area contributed by atoms with E-state index in [1.807, 2.05) is 0 Å². The van der Waals surface area contributed by atoms with E-state index in [1.54, 1.807) is 24.3 Å². The zero-order valence-electron chi connectivity index (χ0n) is 10.4. The predicted octanol–water partition coefficient (Wildman–Crippen LogP) is 4.52. The van der Waals surface area contributed by atoms with Gasteiger partial charge in [0.1, 0.15) is 5.52 Å². The Hall–Kier alpha value is -1.91. The lowest BCUT2D eigenvalue weighted by atomic mass is 10.2. The average molecular weight is 310 g/mol. The maximum absolute atomic E-state index is 9.59. The van der Waals surface area contributed by atoms with E-state index in [9.17, 15) is 5.11 Å². The van der Waals surface area contributed by atoms with Crippen LogP contribution in [0.15, 0.2) is 34.7 Å². The molecule has 102 valence electrons. The number of hydrogen-bond acceptors (Lipinski definition) is 4. The Balaban J connectivity index is 2.17. The number of hydrogen-bond donors (Lipinski definition) is 1. The zero-order chi connectivity index (χ0) is 14.3. The van der Waals surface area contributed by atoms with Gasteiger partial charge in [0.05, 0.1) is 12.1 Å². The molecule has 0 unspecified atom stereocenters. The van der Waals surface area contributed by atoms with Crippen molar-refractivity contribution in [1.29, 1.82) is 0 Å². The molecule has 0 aliphatic rings. The molecule has 0 saturated carbocycles. The van der Waals surface area contributed by atoms with E-state index in [4.69, 9.17) is 32.4 Å². The highest BCUT2D eigenvalue weighted by molar-refractivity contribution is 6.38. The fourth-order valence-electron chi connectivity index (χ4n) is 1.89. The molecule has 0 aliphatic carbocycles. The molecule has 3 aromatic rings. The Morgan fingerprint density at radius 3 is 2.75 bits per heavy atom. The first-order valence-corrected chi connectivity index (χ1v) is 6.47. The van der Waals surface area contributed by atoms with Gasteiger partial charge < -0.3 is 14.3 Å². The zero-order valence-corrected chi connectivity index (χ0v) is 11.9. The summed E-state index contributed by atoms with van der Waals surface area (Å²) in [5.41, 5.74) is 1.71. The first-order valence-electron chi connectivity index (χ1n) is 5.71. The minimum atomic E-state index is 0.0495. The topological polar surface area (TPSA) is 55.5 Å². The summed E-state index contributed by atoms with van der Waals surface area (Å²) in [6.07, 6.45) is 0. The molecule has 2 aromatic carbocycles. The number of fused-ring (bicyclic) bond motifs is 1. The van der Waals surface area contributed by atoms with Crippen molar-refractivity contribution in [2.24, 2.45) is 0 Å². The standard InChI is InChI=1S/C14H9Cl2NO3/c1-19-12-4-7(2-3-11(12)18)14-17-10-6-8(15)5-9(16)13(10)20-14/h2-6,18H,1H3. The molecular formula is C14H9Cl2NO3. The van der Waals surface area contributed by atoms with Gasteiger partial charge in [0.2, 0.25) is 5.89 Å². The van der Waals surface area contributed by atoms with E-state index in [0.29, 0.717) is 38.3 Å². The number of phenols is 1. The minimum absolute atomic E-state index is 0.0495. The number of aromatic hydroxyl groups is 1. The van der Waals surface area contributed by atoms with E-state index < -0.39 is 0 Å². The van der Waals surface area contributed by atoms with Gasteiger partial charge in [-0.2, -0.15) is 0 Å². The maximum Gasteiger partial charge on any atom is 0.227 e. The summed E-state index contributed by atoms with van der Waals surface area (Å²) in [5.74, 6) is 0.768. The molecule has 0 saturated heterocycles. The van der Waals surface area contributed by atoms with Gasteiger partial charge in [-0.15, -0.1) is 0 Å². The average Bonchev–Trinajstić information content (AvgIpc) is 2.83. The highest BCUT2D eigenvalue weighted by Crippen LogP contribution is 2.35. The maximum atomic E-state index is 9.59. The Kier molecular flexibility index (Phi) is 3.20. The SMILES string of the molecule is COc1cc(-c2nc3cc(Cl)cc(Cl)c3o2)ccc1O. The number of phenolic OH excluding ortho intramolecular Hbond substituents is 1. The molecule has 0 amide bonds. The van der Waals surface area contributed by atoms with Crippen LogP contribution in [0.2, 0.25) is 10.0 Å². The van der Waals surface area contributed by atoms with Crippen molar-refractivity contribution >= 4 is 34.3 Å². The summed E-state index contributed by atoms with van der Waals surface area (Å²) >= 11 is 12.0. The normalized spacial score (nSPS) is 10.9. The summed E-state index contributed by atoms with van der Waals surface area (Å²) in [5, 5.41) is 10.5. The quantitative estimate of drug-likeness (QED) is 0.756. The van der Waals surface area contributed by atoms with Crippen molar-refractivity contribution in [2.45, 2.75) is 0 Å². The third-order valence-electron chi connectivity index (χ3n) is 2.84. The molecule has 6 heteroatoms. The predicted molar refractivity (Wildman–Crippen MR) is 77.7 cm³/mol. The van der Waals surface area contributed by atoms with E-state index in [0.717, 1.165) is 0 Å². The van der Waals surface area contributed by atoms with Gasteiger partial charge in [0, 0.05) is 10.6 Å². The Bertz CT molecular complexity index is 798. The van der Waals surface area contributed by atoms with Gasteiger partial charge in [-0.1, -0.05) is 23.2 Å². The summed E-state index contributed by atoms with van der Waals surface area (Å²) < 4.78 is 10.7. The Labute approximate surface area is 124 Å². The van der Waals surface area contributed by atoms with Crippen LogP contribution in [-0.2, 0) is 0 Å². The van der Waals surface area contributed by atoms with Crippen molar-refractivity contribution in [3.8, 4) is 23.0 Å². The molecule has 0 radical (unpaired) electrons. The number of oxazole rings is 1. The van der Waals surface area contributed by atoms with Gasteiger partial charge in [-0.05, 0) is 30.3 Å². The molecule has 0 spiro atoms. The van der Waals surface area contributed by atoms with E-state index in [-0.39, 0.29) is 5.75 Å². The molecule has 1 N–H and O–H groups in total. The number of ether oxygens (including phenoxy) is 1. The van der Waals surface area contributed by atoms with Crippen LogP contribution in [0.1, 0.15) is 0 Å². The van der Waals surface area contributed by atoms with Gasteiger partial charge in [-0.3, -0.25) is 0 Å². The summed E-state index contributed by atoms with van der Waals surface area (Å²) in [6, 6.07) is 8.09. The van der Waals surface area contributed by atoms with Crippen LogP contribution in [0.3, 0.4) is 0 Å². The van der Waals surface area contributed by atoms with E-state index in [2.05, 4.69) is 4.98 Å². The van der Waals surface area contributed by atoms with Crippen LogP contribution in [0.25, 0.3) is 22.6 Å². The number of methoxy groups -OCH3 is 1. The highest BCUT2D eigenvalue weighted by Gasteiger charge is 2.13. The number of halogens is 2. The van der Waals surface area contributed by atoms with Crippen molar-refractivity contribution in [3.63, 3.8) is 0 Å². The number of rotatable bonds is 2. The number of aromatic nitrogens is 1. The molecule has 0 aliphatic heterocycles. The lowest BCUT2D eigenvalue weighted by Gasteiger charge is -2.03. The van der Waals surface area contributed by atoms with E-state index >= 15 is 0 Å². The van der Waals surface area contributed by atoms with Crippen LogP contribution >= 0.6 is 23.2 Å². The number of benzene rings is 2. The molecular weight excluding hydrogens is 301 g/mol. The molecule has 1 heterocycles. The first kappa shape index (κ1) is 13.1. The summed E-state index contributed by atoms with van der Waals surface area (Å²) in [7, 11) is 1.47. The van der Waals surface area contributed by atoms with Crippen LogP contribution in [0.4, 0.5) is 0 Å². The van der Waals surface area contributed by atoms with Crippen LogP contribution in [0, 0.1) is 0 Å². The van der Waals surface area contributed by atoms with Crippen LogP contribution in [0.5, 0.6) is 11.5 Å². The monoisotopic (exact) mass is 309 g/mol. The lowest BCUT2D eigenvalue weighted by Crippen LogP contribution is -1.85. The van der Waals surface area contributed by atoms with Crippen molar-refractivity contribution in [1.82, 2.24) is 4.98 Å². The highest BCUT2D eigenvalue weighted by atomic mass is 35.5. The molecule has 0 atom stereocenters. The fraction of sp³-hybridized carbons (Fsp3) is 0.0714. The third kappa shape index (κ3) is 2.17. The second kappa shape index (κ2) is 4.89. The first-order chi connectivity index (χ1) is 9.58. The summed E-state index contributed by atoms with van der Waals surface area (Å²) in [6.45, 7) is 0. The Morgan fingerprint density at radius 1 is 1.20 bits per heavy atom. The van der Waals surface area contributed by atoms with Crippen LogP contribution < -0.4 is 4.74 Å². The van der Waals surface area contributed by atoms with Crippen molar-refractivity contribution in [2.75, 3.05) is 7.11 Å². The minimum Gasteiger partial charge on any atom is -0.504 e. The molecule has 3 rings (SSSR count). The second-order valence-electron chi connectivity index (χ2n) is 4.14. The molecule has 20 heavy (non-hydrogen) atoms. The third-order valence-corrected chi connectivity index (χ3v) is 3.34. The van der Waals surface area contributed by atoms with Gasteiger partial charge in [0.25, 0.3) is 0 Å². The second-order valence-corrected chi connectivity index (χ2v) is 4.99. The molecule has 4 nitrogen and oxygen atoms in total. The largest absolute Gasteiger partial charge is 0.504 e. The van der Waals surface area contributed by atoms with Gasteiger partial charge in [-0.25, -0.2) is 4.98 Å². The van der Waals surface area contributed by atoms with Gasteiger partial charge >= 0.3 is 0 Å². The summed E-state index contributed by atoms with van der Waals surface area (Å²) in [4.78, 5) is 4.34. The molecule has 0 fully saturated rings. The molecule has 1 aromatic heterocycles. The van der Waals surface area contributed by atoms with Crippen LogP contribution in [-0.4, -0.2) is 17.2 Å². The van der Waals surface area contributed by atoms with E-state index in [1.165, 1.54) is 13.2 Å². The molecule has 0 bridgehead atoms. The lowest BCUT2D eigenvalue weighted by molar-refractivity contribution is 0.373. The van der Waals surface area contributed by atoms with Crippen molar-refractivity contribution in [3.05, 3.63) is 40.4 Å². The fourth-order valence-corrected chi connectivity index (χ4v) is 2.42.